The third kappa shape index (κ3) is 71.3. The van der Waals surface area contributed by atoms with E-state index in [1.165, 1.54) is 212 Å². The molecular weight excluding hydrogens is 1140 g/mol. The first-order valence-corrected chi connectivity index (χ1v) is 40.4. The Kier molecular flexibility index (Phi) is 67.8. The summed E-state index contributed by atoms with van der Waals surface area (Å²) in [6.07, 6.45) is 94.7. The van der Waals surface area contributed by atoms with Gasteiger partial charge in [0.15, 0.2) is 0 Å². The zero-order chi connectivity index (χ0) is 66.3. The summed E-state index contributed by atoms with van der Waals surface area (Å²) >= 11 is 0. The molecule has 0 fully saturated rings. The quantitative estimate of drug-likeness (QED) is 0.0205. The maximum atomic E-state index is 13.7. The summed E-state index contributed by atoms with van der Waals surface area (Å²) in [6, 6.07) is -0.859. The lowest BCUT2D eigenvalue weighted by atomic mass is 10.0. The molecule has 0 bridgehead atoms. The summed E-state index contributed by atoms with van der Waals surface area (Å²) in [5.41, 5.74) is 0. The minimum Gasteiger partial charge on any atom is -0.456 e. The number of hydrogen-bond acceptors (Lipinski definition) is 6. The highest BCUT2D eigenvalue weighted by atomic mass is 31.2. The second-order valence-electron chi connectivity index (χ2n) is 27.5. The van der Waals surface area contributed by atoms with Gasteiger partial charge in [0, 0.05) is 12.8 Å². The number of esters is 1. The topological polar surface area (TPSA) is 111 Å². The number of allylic oxidation sites excluding steroid dienone is 13. The molecule has 10 heteroatoms. The summed E-state index contributed by atoms with van der Waals surface area (Å²) in [5.74, 6) is -0.509. The molecule has 0 aliphatic carbocycles. The molecule has 3 unspecified atom stereocenters. The Hall–Kier alpha value is -2.81. The van der Waals surface area contributed by atoms with Gasteiger partial charge >= 0.3 is 13.8 Å². The number of quaternary nitrogens is 1. The normalized spacial score (nSPS) is 13.9. The van der Waals surface area contributed by atoms with Gasteiger partial charge in [-0.15, -0.1) is 0 Å². The van der Waals surface area contributed by atoms with Crippen molar-refractivity contribution in [3.8, 4) is 0 Å². The lowest BCUT2D eigenvalue weighted by molar-refractivity contribution is -0.870. The third-order valence-corrected chi connectivity index (χ3v) is 18.3. The maximum absolute atomic E-state index is 13.7. The number of amides is 1. The zero-order valence-electron chi connectivity index (χ0n) is 60.8. The molecule has 0 aromatic carbocycles. The van der Waals surface area contributed by atoms with Gasteiger partial charge in [0.1, 0.15) is 19.3 Å². The summed E-state index contributed by atoms with van der Waals surface area (Å²) in [7, 11) is 1.49. The molecule has 0 aliphatic heterocycles. The number of ether oxygens (including phenoxy) is 1. The van der Waals surface area contributed by atoms with Crippen LogP contribution in [0.25, 0.3) is 0 Å². The Morgan fingerprint density at radius 1 is 0.396 bits per heavy atom. The Labute approximate surface area is 565 Å². The average molecular weight is 1300 g/mol. The molecule has 0 aromatic rings. The number of carbonyl (C=O) groups is 2. The van der Waals surface area contributed by atoms with Gasteiger partial charge in [0.25, 0.3) is 0 Å². The van der Waals surface area contributed by atoms with E-state index in [4.69, 9.17) is 13.8 Å². The minimum atomic E-state index is -4.47. The van der Waals surface area contributed by atoms with Gasteiger partial charge in [-0.05, 0) is 83.1 Å². The zero-order valence-corrected chi connectivity index (χ0v) is 61.7. The predicted molar refractivity (Wildman–Crippen MR) is 397 cm³/mol. The molecule has 0 saturated heterocycles. The molecule has 0 aliphatic rings. The number of phosphoric ester groups is 1. The first-order chi connectivity index (χ1) is 44.4. The molecule has 2 N–H and O–H groups in total. The van der Waals surface area contributed by atoms with E-state index in [1.54, 1.807) is 0 Å². The fraction of sp³-hybridized carbons (Fsp3) is 0.802. The van der Waals surface area contributed by atoms with E-state index in [0.29, 0.717) is 17.4 Å². The SMILES string of the molecule is CC/C=C\C/C=C\C/C=C\C/C=C\C/C=C\C/C=C\CCCCCCCCC(=O)OC(/C=C/CCCCCCCCCCCCC)C(COP(=O)(O)OCC[N+](C)(C)C)NC(=O)CCCCCCCCCCCCCCCCCCCCCCCCCCCCC. The van der Waals surface area contributed by atoms with Crippen molar-refractivity contribution >= 4 is 19.7 Å². The summed E-state index contributed by atoms with van der Waals surface area (Å²) in [5, 5.41) is 3.08. The molecule has 0 spiro atoms. The van der Waals surface area contributed by atoms with Gasteiger partial charge in [-0.1, -0.05) is 357 Å². The number of nitrogens with one attached hydrogen (secondary N) is 1. The van der Waals surface area contributed by atoms with Gasteiger partial charge in [-0.3, -0.25) is 18.6 Å². The van der Waals surface area contributed by atoms with E-state index in [-0.39, 0.29) is 31.5 Å². The number of phosphoric acid groups is 1. The summed E-state index contributed by atoms with van der Waals surface area (Å²) < 4.78 is 30.9. The van der Waals surface area contributed by atoms with Crippen LogP contribution in [0.4, 0.5) is 0 Å². The van der Waals surface area contributed by atoms with Gasteiger partial charge in [0.2, 0.25) is 5.91 Å². The number of carbonyl (C=O) groups excluding carboxylic acids is 2. The molecule has 0 saturated carbocycles. The Morgan fingerprint density at radius 2 is 0.703 bits per heavy atom. The number of likely N-dealkylation sites (N-methyl/N-ethyl adjacent to an activating group) is 1. The molecule has 0 aromatic heterocycles. The van der Waals surface area contributed by atoms with E-state index in [2.05, 4.69) is 99.0 Å². The van der Waals surface area contributed by atoms with Crippen molar-refractivity contribution in [3.05, 3.63) is 85.1 Å². The lowest BCUT2D eigenvalue weighted by Crippen LogP contribution is -2.47. The van der Waals surface area contributed by atoms with Crippen LogP contribution in [-0.2, 0) is 27.9 Å². The molecule has 0 radical (unpaired) electrons. The fourth-order valence-corrected chi connectivity index (χ4v) is 12.2. The number of nitrogens with zero attached hydrogens (tertiary/aromatic N) is 1. The lowest BCUT2D eigenvalue weighted by Gasteiger charge is -2.27. The van der Waals surface area contributed by atoms with Crippen molar-refractivity contribution in [2.24, 2.45) is 0 Å². The highest BCUT2D eigenvalue weighted by molar-refractivity contribution is 7.47. The average Bonchev–Trinajstić information content (AvgIpc) is 3.70. The van der Waals surface area contributed by atoms with Gasteiger partial charge in [-0.2, -0.15) is 0 Å². The molecular formula is C81H150N2O7P+. The van der Waals surface area contributed by atoms with Crippen LogP contribution in [-0.4, -0.2) is 74.3 Å². The second kappa shape index (κ2) is 70.0. The van der Waals surface area contributed by atoms with Crippen LogP contribution in [0.15, 0.2) is 85.1 Å². The Balaban J connectivity index is 5.01. The molecule has 0 heterocycles. The maximum Gasteiger partial charge on any atom is 0.472 e. The number of unbranched alkanes of at least 4 members (excludes halogenated alkanes) is 43. The van der Waals surface area contributed by atoms with Gasteiger partial charge in [0.05, 0.1) is 33.8 Å². The molecule has 91 heavy (non-hydrogen) atoms. The monoisotopic (exact) mass is 1290 g/mol. The van der Waals surface area contributed by atoms with Crippen LogP contribution in [0.3, 0.4) is 0 Å². The van der Waals surface area contributed by atoms with Crippen molar-refractivity contribution in [1.29, 1.82) is 0 Å². The van der Waals surface area contributed by atoms with E-state index >= 15 is 0 Å². The molecule has 9 nitrogen and oxygen atoms in total. The summed E-state index contributed by atoms with van der Waals surface area (Å²) in [4.78, 5) is 38.0. The fourth-order valence-electron chi connectivity index (χ4n) is 11.4. The van der Waals surface area contributed by atoms with Crippen LogP contribution in [0.1, 0.15) is 367 Å². The summed E-state index contributed by atoms with van der Waals surface area (Å²) in [6.45, 7) is 6.94. The van der Waals surface area contributed by atoms with E-state index in [1.807, 2.05) is 33.3 Å². The largest absolute Gasteiger partial charge is 0.472 e. The van der Waals surface area contributed by atoms with E-state index < -0.39 is 20.0 Å². The van der Waals surface area contributed by atoms with Crippen LogP contribution >= 0.6 is 7.82 Å². The van der Waals surface area contributed by atoms with Crippen molar-refractivity contribution in [3.63, 3.8) is 0 Å². The van der Waals surface area contributed by atoms with Gasteiger partial charge < -0.3 is 19.4 Å². The van der Waals surface area contributed by atoms with Crippen LogP contribution < -0.4 is 5.32 Å². The van der Waals surface area contributed by atoms with E-state index in [0.717, 1.165) is 122 Å². The minimum absolute atomic E-state index is 0.0364. The number of hydrogen-bond donors (Lipinski definition) is 2. The van der Waals surface area contributed by atoms with Crippen molar-refractivity contribution in [2.75, 3.05) is 40.9 Å². The van der Waals surface area contributed by atoms with Crippen molar-refractivity contribution in [2.45, 2.75) is 380 Å². The first kappa shape index (κ1) is 88.2. The molecule has 0 rings (SSSR count). The molecule has 1 amide bonds. The molecule has 3 atom stereocenters. The third-order valence-electron chi connectivity index (χ3n) is 17.3. The van der Waals surface area contributed by atoms with Crippen LogP contribution in [0.2, 0.25) is 0 Å². The Morgan fingerprint density at radius 3 is 1.05 bits per heavy atom. The second-order valence-corrected chi connectivity index (χ2v) is 29.0. The standard InChI is InChI=1S/C81H149N2O7P/c1-7-10-13-16-19-22-25-28-30-32-34-36-38-40-41-43-44-46-48-50-52-55-58-61-64-67-70-73-80(84)82-78(77-89-91(86,87)88-76-75-83(4,5)6)79(72-69-66-63-60-57-54-27-24-21-18-15-12-9-3)90-81(85)74-71-68-65-62-59-56-53-51-49-47-45-42-39-37-35-33-31-29-26-23-20-17-14-11-8-2/h11,14,20,23,29,31,35,37,42,45,49,51,69,72,78-79H,7-10,12-13,15-19,21-22,24-28,30,32-34,36,38-41,43-44,46-48,50,52-68,70-71,73-77H2,1-6H3,(H-,82,84,86,87)/p+1/b14-11-,23-20-,31-29-,37-35-,45-42-,51-49-,72-69+. The molecule has 530 valence electrons. The predicted octanol–water partition coefficient (Wildman–Crippen LogP) is 25.2. The highest BCUT2D eigenvalue weighted by Crippen LogP contribution is 2.43. The van der Waals surface area contributed by atoms with Crippen molar-refractivity contribution in [1.82, 2.24) is 5.32 Å². The first-order valence-electron chi connectivity index (χ1n) is 38.9. The van der Waals surface area contributed by atoms with Crippen molar-refractivity contribution < 1.29 is 37.3 Å². The van der Waals surface area contributed by atoms with Crippen LogP contribution in [0.5, 0.6) is 0 Å². The van der Waals surface area contributed by atoms with Gasteiger partial charge in [-0.25, -0.2) is 4.57 Å². The van der Waals surface area contributed by atoms with E-state index in [9.17, 15) is 19.0 Å². The highest BCUT2D eigenvalue weighted by Gasteiger charge is 2.30. The smallest absolute Gasteiger partial charge is 0.456 e. The Bertz CT molecular complexity index is 1830. The number of rotatable bonds is 71. The van der Waals surface area contributed by atoms with Crippen LogP contribution in [0, 0.1) is 0 Å².